The molecule has 3 atom stereocenters. The average Bonchev–Trinajstić information content (AvgIpc) is 2.18. The summed E-state index contributed by atoms with van der Waals surface area (Å²) in [6.07, 6.45) is 2.76. The lowest BCUT2D eigenvalue weighted by atomic mass is 10.2. The number of aliphatic hydroxyl groups is 1. The highest BCUT2D eigenvalue weighted by molar-refractivity contribution is 7.39. The van der Waals surface area contributed by atoms with Crippen LogP contribution in [0.25, 0.3) is 0 Å². The molecule has 1 aliphatic rings. The highest BCUT2D eigenvalue weighted by atomic mass is 31.1. The largest absolute Gasteiger partial charge is 0.371 e. The van der Waals surface area contributed by atoms with Crippen LogP contribution < -0.4 is 0 Å². The molecular weight excluding hydrogens is 135 g/mol. The summed E-state index contributed by atoms with van der Waals surface area (Å²) in [7, 11) is 1.04. The zero-order chi connectivity index (χ0) is 6.69. The summed E-state index contributed by atoms with van der Waals surface area (Å²) in [4.78, 5) is 0. The molecule has 0 aromatic heterocycles. The Balaban J connectivity index is 2.22. The first-order chi connectivity index (χ1) is 4.34. The van der Waals surface area contributed by atoms with Gasteiger partial charge in [0, 0.05) is 0 Å². The van der Waals surface area contributed by atoms with Gasteiger partial charge in [0.1, 0.15) is 6.79 Å². The van der Waals surface area contributed by atoms with Gasteiger partial charge in [0.15, 0.2) is 0 Å². The van der Waals surface area contributed by atoms with Gasteiger partial charge < -0.3 is 9.84 Å². The third-order valence-corrected chi connectivity index (χ3v) is 3.33. The molecule has 9 heavy (non-hydrogen) atoms. The molecule has 0 aromatic rings. The van der Waals surface area contributed by atoms with Gasteiger partial charge in [-0.25, -0.2) is 0 Å². The van der Waals surface area contributed by atoms with Gasteiger partial charge >= 0.3 is 0 Å². The molecule has 0 amide bonds. The lowest BCUT2D eigenvalue weighted by Gasteiger charge is -2.13. The minimum Gasteiger partial charge on any atom is -0.371 e. The number of hydrogen-bond acceptors (Lipinski definition) is 2. The molecule has 1 saturated heterocycles. The van der Waals surface area contributed by atoms with Crippen LogP contribution in [-0.4, -0.2) is 29.8 Å². The van der Waals surface area contributed by atoms with Crippen LogP contribution in [0.5, 0.6) is 0 Å². The summed E-state index contributed by atoms with van der Waals surface area (Å²) < 4.78 is 5.08. The summed E-state index contributed by atoms with van der Waals surface area (Å²) >= 11 is 0. The van der Waals surface area contributed by atoms with Crippen LogP contribution in [0.15, 0.2) is 0 Å². The van der Waals surface area contributed by atoms with E-state index >= 15 is 0 Å². The topological polar surface area (TPSA) is 29.5 Å². The van der Waals surface area contributed by atoms with Crippen LogP contribution in [0, 0.1) is 0 Å². The van der Waals surface area contributed by atoms with Crippen molar-refractivity contribution in [3.05, 3.63) is 0 Å². The van der Waals surface area contributed by atoms with Gasteiger partial charge in [-0.05, 0) is 18.2 Å². The van der Waals surface area contributed by atoms with Crippen molar-refractivity contribution in [2.24, 2.45) is 0 Å². The van der Waals surface area contributed by atoms with E-state index in [4.69, 9.17) is 9.84 Å². The maximum Gasteiger partial charge on any atom is 0.143 e. The molecule has 3 heteroatoms. The standard InChI is InChI=1S/C6H13O2P/c1-5-6(8-4-7)2-3-9-5/h5-7,9H,2-4H2,1H3. The van der Waals surface area contributed by atoms with Gasteiger partial charge in [0.25, 0.3) is 0 Å². The van der Waals surface area contributed by atoms with Gasteiger partial charge in [-0.3, -0.25) is 0 Å². The van der Waals surface area contributed by atoms with Crippen molar-refractivity contribution in [2.75, 3.05) is 13.0 Å². The molecule has 54 valence electrons. The van der Waals surface area contributed by atoms with E-state index in [9.17, 15) is 0 Å². The van der Waals surface area contributed by atoms with Crippen LogP contribution in [0.2, 0.25) is 0 Å². The van der Waals surface area contributed by atoms with Crippen LogP contribution in [-0.2, 0) is 4.74 Å². The summed E-state index contributed by atoms with van der Waals surface area (Å²) in [6, 6.07) is 0. The maximum atomic E-state index is 8.43. The van der Waals surface area contributed by atoms with E-state index < -0.39 is 0 Å². The van der Waals surface area contributed by atoms with E-state index in [2.05, 4.69) is 6.92 Å². The average molecular weight is 148 g/mol. The molecular formula is C6H13O2P. The fourth-order valence-corrected chi connectivity index (χ4v) is 2.59. The predicted molar refractivity (Wildman–Crippen MR) is 39.2 cm³/mol. The van der Waals surface area contributed by atoms with Crippen LogP contribution in [0.4, 0.5) is 0 Å². The minimum absolute atomic E-state index is 0.112. The first-order valence-electron chi connectivity index (χ1n) is 3.30. The number of ether oxygens (including phenoxy) is 1. The SMILES string of the molecule is CC1PCCC1OCO. The van der Waals surface area contributed by atoms with E-state index in [1.54, 1.807) is 0 Å². The molecule has 0 bridgehead atoms. The summed E-state index contributed by atoms with van der Waals surface area (Å²) in [6.45, 7) is 2.07. The van der Waals surface area contributed by atoms with Crippen molar-refractivity contribution in [3.8, 4) is 0 Å². The van der Waals surface area contributed by atoms with Crippen molar-refractivity contribution in [1.29, 1.82) is 0 Å². The molecule has 0 aromatic carbocycles. The van der Waals surface area contributed by atoms with E-state index in [1.807, 2.05) is 0 Å². The first-order valence-corrected chi connectivity index (χ1v) is 4.59. The Morgan fingerprint density at radius 2 is 2.56 bits per heavy atom. The van der Waals surface area contributed by atoms with Gasteiger partial charge in [-0.2, -0.15) is 0 Å². The molecule has 2 nitrogen and oxygen atoms in total. The lowest BCUT2D eigenvalue weighted by Crippen LogP contribution is -2.18. The molecule has 1 N–H and O–H groups in total. The lowest BCUT2D eigenvalue weighted by molar-refractivity contribution is -0.0469. The molecule has 1 heterocycles. The van der Waals surface area contributed by atoms with Crippen LogP contribution in [0.3, 0.4) is 0 Å². The number of rotatable bonds is 2. The van der Waals surface area contributed by atoms with E-state index in [-0.39, 0.29) is 6.79 Å². The second kappa shape index (κ2) is 3.50. The zero-order valence-electron chi connectivity index (χ0n) is 5.63. The summed E-state index contributed by atoms with van der Waals surface area (Å²) in [5, 5.41) is 8.43. The van der Waals surface area contributed by atoms with Gasteiger partial charge in [0.2, 0.25) is 0 Å². The van der Waals surface area contributed by atoms with Gasteiger partial charge in [-0.15, -0.1) is 8.58 Å². The predicted octanol–water partition coefficient (Wildman–Crippen LogP) is 0.792. The fourth-order valence-electron chi connectivity index (χ4n) is 1.16. The Hall–Kier alpha value is 0.350. The molecule has 1 fully saturated rings. The Morgan fingerprint density at radius 1 is 1.78 bits per heavy atom. The van der Waals surface area contributed by atoms with Crippen molar-refractivity contribution in [3.63, 3.8) is 0 Å². The monoisotopic (exact) mass is 148 g/mol. The number of hydrogen-bond donors (Lipinski definition) is 1. The molecule has 1 aliphatic heterocycles. The second-order valence-electron chi connectivity index (χ2n) is 2.37. The third-order valence-electron chi connectivity index (χ3n) is 1.74. The molecule has 0 radical (unpaired) electrons. The van der Waals surface area contributed by atoms with Crippen molar-refractivity contribution in [1.82, 2.24) is 0 Å². The van der Waals surface area contributed by atoms with Crippen LogP contribution in [0.1, 0.15) is 13.3 Å². The highest BCUT2D eigenvalue weighted by Crippen LogP contribution is 2.33. The molecule has 0 saturated carbocycles. The molecule has 0 aliphatic carbocycles. The second-order valence-corrected chi connectivity index (χ2v) is 4.18. The summed E-state index contributed by atoms with van der Waals surface area (Å²) in [5.74, 6) is 0. The van der Waals surface area contributed by atoms with Gasteiger partial charge in [0.05, 0.1) is 6.10 Å². The molecule has 0 spiro atoms. The smallest absolute Gasteiger partial charge is 0.143 e. The Bertz CT molecular complexity index is 87.1. The van der Waals surface area contributed by atoms with E-state index in [0.717, 1.165) is 15.0 Å². The minimum atomic E-state index is -0.112. The molecule has 1 rings (SSSR count). The fraction of sp³-hybridized carbons (Fsp3) is 1.00. The normalized spacial score (nSPS) is 38.0. The van der Waals surface area contributed by atoms with Crippen molar-refractivity contribution < 1.29 is 9.84 Å². The van der Waals surface area contributed by atoms with Crippen molar-refractivity contribution >= 4 is 8.58 Å². The highest BCUT2D eigenvalue weighted by Gasteiger charge is 2.23. The quantitative estimate of drug-likeness (QED) is 0.463. The Kier molecular flexibility index (Phi) is 2.90. The maximum absolute atomic E-state index is 8.43. The molecule has 3 unspecified atom stereocenters. The van der Waals surface area contributed by atoms with Gasteiger partial charge in [-0.1, -0.05) is 6.92 Å². The first kappa shape index (κ1) is 7.46. The Labute approximate surface area is 57.4 Å². The number of aliphatic hydroxyl groups excluding tert-OH is 1. The Morgan fingerprint density at radius 3 is 3.00 bits per heavy atom. The van der Waals surface area contributed by atoms with Crippen molar-refractivity contribution in [2.45, 2.75) is 25.1 Å². The van der Waals surface area contributed by atoms with E-state index in [1.165, 1.54) is 6.16 Å². The zero-order valence-corrected chi connectivity index (χ0v) is 6.63. The summed E-state index contributed by atoms with van der Waals surface area (Å²) in [5.41, 5.74) is 0.678. The van der Waals surface area contributed by atoms with E-state index in [0.29, 0.717) is 11.8 Å². The third kappa shape index (κ3) is 1.89. The van der Waals surface area contributed by atoms with Crippen LogP contribution >= 0.6 is 8.58 Å².